The van der Waals surface area contributed by atoms with E-state index in [4.69, 9.17) is 4.89 Å². The number of carbonyl (C=O) groups is 1. The predicted octanol–water partition coefficient (Wildman–Crippen LogP) is 0.712. The van der Waals surface area contributed by atoms with Gasteiger partial charge in [0, 0.05) is 6.16 Å². The molecule has 0 saturated carbocycles. The molecule has 0 rings (SSSR count). The molecule has 0 aliphatic carbocycles. The van der Waals surface area contributed by atoms with Crippen LogP contribution in [0.5, 0.6) is 0 Å². The minimum atomic E-state index is -3.21. The molecule has 0 aromatic heterocycles. The molecule has 0 aromatic carbocycles. The van der Waals surface area contributed by atoms with Crippen molar-refractivity contribution >= 4 is 13.3 Å². The fourth-order valence-corrected chi connectivity index (χ4v) is 1.58. The zero-order chi connectivity index (χ0) is 9.07. The molecule has 1 atom stereocenters. The van der Waals surface area contributed by atoms with E-state index < -0.39 is 7.52 Å². The summed E-state index contributed by atoms with van der Waals surface area (Å²) in [4.78, 5) is 19.7. The van der Waals surface area contributed by atoms with Crippen molar-refractivity contribution in [2.24, 2.45) is 0 Å². The van der Waals surface area contributed by atoms with E-state index >= 15 is 0 Å². The smallest absolute Gasteiger partial charge is 0.269 e. The van der Waals surface area contributed by atoms with Gasteiger partial charge in [-0.3, -0.25) is 9.36 Å². The van der Waals surface area contributed by atoms with Crippen molar-refractivity contribution in [3.05, 3.63) is 0 Å². The number of nitrogens with zero attached hydrogens (tertiary/aromatic N) is 1. The lowest BCUT2D eigenvalue weighted by atomic mass is 10.5. The minimum Gasteiger partial charge on any atom is -0.333 e. The molecule has 0 aliphatic rings. The first-order chi connectivity index (χ1) is 4.90. The van der Waals surface area contributed by atoms with Crippen LogP contribution in [-0.4, -0.2) is 35.1 Å². The maximum Gasteiger partial charge on any atom is 0.269 e. The normalized spacial score (nSPS) is 16.5. The molecule has 0 heterocycles. The Kier molecular flexibility index (Phi) is 3.93. The van der Waals surface area contributed by atoms with Crippen molar-refractivity contribution < 1.29 is 14.3 Å². The van der Waals surface area contributed by atoms with Crippen LogP contribution in [0.2, 0.25) is 0 Å². The molecular weight excluding hydrogens is 165 g/mol. The maximum absolute atomic E-state index is 11.1. The molecule has 0 bridgehead atoms. The zero-order valence-corrected chi connectivity index (χ0v) is 7.97. The molecule has 0 amide bonds. The summed E-state index contributed by atoms with van der Waals surface area (Å²) in [7, 11) is -1.73. The van der Waals surface area contributed by atoms with Crippen LogP contribution in [0.15, 0.2) is 0 Å². The van der Waals surface area contributed by atoms with E-state index in [1.54, 1.807) is 6.92 Å². The van der Waals surface area contributed by atoms with E-state index in [2.05, 4.69) is 0 Å². The second kappa shape index (κ2) is 4.00. The van der Waals surface area contributed by atoms with E-state index in [1.807, 2.05) is 0 Å². The van der Waals surface area contributed by atoms with Gasteiger partial charge in [0.25, 0.3) is 7.52 Å². The van der Waals surface area contributed by atoms with Crippen LogP contribution in [0, 0.1) is 0 Å². The molecule has 5 heteroatoms. The van der Waals surface area contributed by atoms with Crippen LogP contribution >= 0.6 is 7.52 Å². The van der Waals surface area contributed by atoms with Gasteiger partial charge in [-0.2, -0.15) is 0 Å². The number of hydrogen-bond acceptors (Lipinski definition) is 2. The molecule has 0 saturated heterocycles. The molecule has 0 radical (unpaired) electrons. The Labute approximate surface area is 66.7 Å². The third-order valence-electron chi connectivity index (χ3n) is 1.40. The molecule has 1 unspecified atom stereocenters. The van der Waals surface area contributed by atoms with Gasteiger partial charge >= 0.3 is 0 Å². The third kappa shape index (κ3) is 3.65. The van der Waals surface area contributed by atoms with Crippen LogP contribution < -0.4 is 0 Å². The Morgan fingerprint density at radius 2 is 2.09 bits per heavy atom. The van der Waals surface area contributed by atoms with Crippen molar-refractivity contribution in [2.75, 3.05) is 19.8 Å². The summed E-state index contributed by atoms with van der Waals surface area (Å²) in [5.41, 5.74) is 0. The summed E-state index contributed by atoms with van der Waals surface area (Å²) >= 11 is 0. The van der Waals surface area contributed by atoms with Crippen LogP contribution in [0.25, 0.3) is 0 Å². The van der Waals surface area contributed by atoms with Gasteiger partial charge in [0.05, 0.1) is 6.54 Å². The lowest BCUT2D eigenvalue weighted by Gasteiger charge is -2.20. The fourth-order valence-electron chi connectivity index (χ4n) is 0.674. The largest absolute Gasteiger partial charge is 0.333 e. The van der Waals surface area contributed by atoms with E-state index in [9.17, 15) is 9.36 Å². The quantitative estimate of drug-likeness (QED) is 0.646. The van der Waals surface area contributed by atoms with Gasteiger partial charge in [-0.15, -0.1) is 0 Å². The van der Waals surface area contributed by atoms with E-state index in [0.29, 0.717) is 0 Å². The number of hydrogen-bond donors (Lipinski definition) is 1. The highest BCUT2D eigenvalue weighted by Crippen LogP contribution is 2.42. The monoisotopic (exact) mass is 179 g/mol. The summed E-state index contributed by atoms with van der Waals surface area (Å²) < 4.78 is 12.4. The molecule has 0 spiro atoms. The lowest BCUT2D eigenvalue weighted by Crippen LogP contribution is -2.22. The lowest BCUT2D eigenvalue weighted by molar-refractivity contribution is -0.117. The number of Topliss-reactive ketones (excluding diaryl/α,β-unsaturated/α-hetero) is 1. The number of likely N-dealkylation sites (N-methyl/N-ethyl adjacent to an activating group) is 1. The number of ketones is 1. The molecular formula is C6H14NO3P. The average Bonchev–Trinajstić information content (AvgIpc) is 1.86. The van der Waals surface area contributed by atoms with Gasteiger partial charge in [0.1, 0.15) is 5.78 Å². The fraction of sp³-hybridized carbons (Fsp3) is 0.833. The Hall–Kier alpha value is -0.180. The van der Waals surface area contributed by atoms with E-state index in [-0.39, 0.29) is 18.5 Å². The van der Waals surface area contributed by atoms with Crippen molar-refractivity contribution in [1.82, 2.24) is 4.67 Å². The Balaban J connectivity index is 4.13. The summed E-state index contributed by atoms with van der Waals surface area (Å²) in [5, 5.41) is 0. The van der Waals surface area contributed by atoms with Crippen molar-refractivity contribution in [1.29, 1.82) is 0 Å². The zero-order valence-electron chi connectivity index (χ0n) is 7.07. The molecule has 0 fully saturated rings. The highest BCUT2D eigenvalue weighted by atomic mass is 31.2. The molecule has 11 heavy (non-hydrogen) atoms. The first-order valence-electron chi connectivity index (χ1n) is 3.43. The first-order valence-corrected chi connectivity index (χ1v) is 5.22. The predicted molar refractivity (Wildman–Crippen MR) is 43.7 cm³/mol. The van der Waals surface area contributed by atoms with Crippen LogP contribution in [0.4, 0.5) is 0 Å². The van der Waals surface area contributed by atoms with Crippen LogP contribution in [0.3, 0.4) is 0 Å². The van der Waals surface area contributed by atoms with Crippen molar-refractivity contribution in [3.8, 4) is 0 Å². The second-order valence-electron chi connectivity index (χ2n) is 2.50. The van der Waals surface area contributed by atoms with E-state index in [1.165, 1.54) is 18.6 Å². The van der Waals surface area contributed by atoms with Gasteiger partial charge in [-0.25, -0.2) is 4.67 Å². The standard InChI is InChI=1S/C6H14NO3P/c1-4-11(9,10)7(3)5-6(2)8/h4-5H2,1-3H3,(H,9,10). The van der Waals surface area contributed by atoms with Gasteiger partial charge in [-0.1, -0.05) is 6.92 Å². The molecule has 0 aliphatic heterocycles. The Bertz CT molecular complexity index is 192. The molecule has 0 aromatic rings. The molecule has 66 valence electrons. The third-order valence-corrected chi connectivity index (χ3v) is 3.43. The Morgan fingerprint density at radius 3 is 2.36 bits per heavy atom. The summed E-state index contributed by atoms with van der Waals surface area (Å²) in [6.45, 7) is 3.06. The van der Waals surface area contributed by atoms with Gasteiger partial charge in [-0.05, 0) is 14.0 Å². The van der Waals surface area contributed by atoms with Gasteiger partial charge < -0.3 is 4.89 Å². The highest BCUT2D eigenvalue weighted by molar-refractivity contribution is 7.55. The average molecular weight is 179 g/mol. The number of rotatable bonds is 4. The topological polar surface area (TPSA) is 57.6 Å². The van der Waals surface area contributed by atoms with Gasteiger partial charge in [0.2, 0.25) is 0 Å². The minimum absolute atomic E-state index is 0.0433. The first kappa shape index (κ1) is 10.8. The number of carbonyl (C=O) groups excluding carboxylic acids is 1. The second-order valence-corrected chi connectivity index (χ2v) is 5.14. The van der Waals surface area contributed by atoms with Crippen molar-refractivity contribution in [3.63, 3.8) is 0 Å². The molecule has 1 N–H and O–H groups in total. The van der Waals surface area contributed by atoms with Crippen LogP contribution in [0.1, 0.15) is 13.8 Å². The Morgan fingerprint density at radius 1 is 1.64 bits per heavy atom. The highest BCUT2D eigenvalue weighted by Gasteiger charge is 2.22. The SMILES string of the molecule is CCP(=O)(O)N(C)CC(C)=O. The van der Waals surface area contributed by atoms with Crippen LogP contribution in [-0.2, 0) is 9.36 Å². The summed E-state index contributed by atoms with van der Waals surface area (Å²) in [6, 6.07) is 0. The van der Waals surface area contributed by atoms with Crippen molar-refractivity contribution in [2.45, 2.75) is 13.8 Å². The summed E-state index contributed by atoms with van der Waals surface area (Å²) in [6.07, 6.45) is 0.177. The maximum atomic E-state index is 11.1. The molecule has 4 nitrogen and oxygen atoms in total. The summed E-state index contributed by atoms with van der Waals surface area (Å²) in [5.74, 6) is -0.102. The van der Waals surface area contributed by atoms with E-state index in [0.717, 1.165) is 0 Å². The van der Waals surface area contributed by atoms with Gasteiger partial charge in [0.15, 0.2) is 0 Å².